The van der Waals surface area contributed by atoms with E-state index in [-0.39, 0.29) is 12.0 Å². The molecule has 0 saturated carbocycles. The molecule has 0 bridgehead atoms. The molecule has 0 aliphatic rings. The Labute approximate surface area is 151 Å². The number of alkyl carbamates (subject to hydrolysis) is 1. The van der Waals surface area contributed by atoms with Crippen LogP contribution in [0.2, 0.25) is 0 Å². The minimum Gasteiger partial charge on any atom is -0.445 e. The number of hydrogen-bond donors (Lipinski definition) is 2. The van der Waals surface area contributed by atoms with Gasteiger partial charge < -0.3 is 15.0 Å². The molecule has 0 unspecified atom stereocenters. The van der Waals surface area contributed by atoms with Crippen LogP contribution in [0.5, 0.6) is 0 Å². The van der Waals surface area contributed by atoms with Gasteiger partial charge in [-0.05, 0) is 23.8 Å². The van der Waals surface area contributed by atoms with Crippen LogP contribution >= 0.6 is 0 Å². The van der Waals surface area contributed by atoms with Gasteiger partial charge in [0.05, 0.1) is 0 Å². The molecule has 0 radical (unpaired) electrons. The maximum absolute atomic E-state index is 11.8. The van der Waals surface area contributed by atoms with E-state index in [0.29, 0.717) is 18.4 Å². The molecular formula is C21H18N2O3. The second-order valence-electron chi connectivity index (χ2n) is 5.64. The van der Waals surface area contributed by atoms with Crippen LogP contribution < -0.4 is 10.7 Å². The van der Waals surface area contributed by atoms with E-state index in [9.17, 15) is 9.59 Å². The molecule has 26 heavy (non-hydrogen) atoms. The molecule has 130 valence electrons. The van der Waals surface area contributed by atoms with E-state index in [1.807, 2.05) is 42.5 Å². The summed E-state index contributed by atoms with van der Waals surface area (Å²) >= 11 is 0. The lowest BCUT2D eigenvalue weighted by Crippen LogP contribution is -2.24. The first-order chi connectivity index (χ1) is 12.7. The molecule has 5 nitrogen and oxygen atoms in total. The smallest absolute Gasteiger partial charge is 0.407 e. The molecule has 1 aromatic heterocycles. The van der Waals surface area contributed by atoms with Gasteiger partial charge in [0.15, 0.2) is 5.43 Å². The summed E-state index contributed by atoms with van der Waals surface area (Å²) < 4.78 is 5.12. The highest BCUT2D eigenvalue weighted by atomic mass is 16.5. The van der Waals surface area contributed by atoms with Crippen molar-refractivity contribution in [3.63, 3.8) is 0 Å². The normalized spacial score (nSPS) is 10.0. The molecule has 3 rings (SSSR count). The fourth-order valence-corrected chi connectivity index (χ4v) is 2.41. The minimum absolute atomic E-state index is 0.0368. The fourth-order valence-electron chi connectivity index (χ4n) is 2.41. The molecule has 2 N–H and O–H groups in total. The maximum Gasteiger partial charge on any atom is 0.407 e. The molecule has 3 aromatic rings. The molecule has 0 spiro atoms. The van der Waals surface area contributed by atoms with E-state index in [2.05, 4.69) is 22.1 Å². The SMILES string of the molecule is O=C(NCCC#Cc1ccc2[nH]ccc(=O)c2c1)OCc1ccccc1. The zero-order valence-corrected chi connectivity index (χ0v) is 14.1. The van der Waals surface area contributed by atoms with Gasteiger partial charge in [0, 0.05) is 41.7 Å². The lowest BCUT2D eigenvalue weighted by Gasteiger charge is -2.05. The average Bonchev–Trinajstić information content (AvgIpc) is 2.67. The first kappa shape index (κ1) is 17.3. The van der Waals surface area contributed by atoms with Crippen LogP contribution in [-0.4, -0.2) is 17.6 Å². The Hall–Kier alpha value is -3.52. The number of hydrogen-bond acceptors (Lipinski definition) is 3. The first-order valence-corrected chi connectivity index (χ1v) is 8.27. The highest BCUT2D eigenvalue weighted by Gasteiger charge is 2.01. The van der Waals surface area contributed by atoms with Gasteiger partial charge in [-0.2, -0.15) is 0 Å². The molecule has 1 heterocycles. The molecule has 2 aromatic carbocycles. The summed E-state index contributed by atoms with van der Waals surface area (Å²) in [5.74, 6) is 5.98. The number of carbonyl (C=O) groups is 1. The van der Waals surface area contributed by atoms with Crippen molar-refractivity contribution in [1.29, 1.82) is 0 Å². The first-order valence-electron chi connectivity index (χ1n) is 8.27. The van der Waals surface area contributed by atoms with Gasteiger partial charge in [-0.3, -0.25) is 4.79 Å². The van der Waals surface area contributed by atoms with Gasteiger partial charge in [-0.1, -0.05) is 42.2 Å². The van der Waals surface area contributed by atoms with E-state index in [1.165, 1.54) is 6.07 Å². The van der Waals surface area contributed by atoms with Crippen molar-refractivity contribution in [1.82, 2.24) is 10.3 Å². The van der Waals surface area contributed by atoms with Crippen molar-refractivity contribution in [2.45, 2.75) is 13.0 Å². The monoisotopic (exact) mass is 346 g/mol. The lowest BCUT2D eigenvalue weighted by atomic mass is 10.1. The third-order valence-electron chi connectivity index (χ3n) is 3.72. The predicted molar refractivity (Wildman–Crippen MR) is 101 cm³/mol. The number of aromatic nitrogens is 1. The van der Waals surface area contributed by atoms with Gasteiger partial charge in [0.1, 0.15) is 6.61 Å². The number of fused-ring (bicyclic) bond motifs is 1. The summed E-state index contributed by atoms with van der Waals surface area (Å²) in [6, 6.07) is 16.4. The molecule has 1 amide bonds. The Kier molecular flexibility index (Phi) is 5.69. The summed E-state index contributed by atoms with van der Waals surface area (Å²) in [6.45, 7) is 0.638. The summed E-state index contributed by atoms with van der Waals surface area (Å²) in [4.78, 5) is 26.5. The second-order valence-corrected chi connectivity index (χ2v) is 5.64. The lowest BCUT2D eigenvalue weighted by molar-refractivity contribution is 0.140. The Morgan fingerprint density at radius 1 is 1.12 bits per heavy atom. The molecule has 0 saturated heterocycles. The number of carbonyl (C=O) groups excluding carboxylic acids is 1. The van der Waals surface area contributed by atoms with Crippen LogP contribution in [0.1, 0.15) is 17.5 Å². The van der Waals surface area contributed by atoms with E-state index in [4.69, 9.17) is 4.74 Å². The highest BCUT2D eigenvalue weighted by Crippen LogP contribution is 2.08. The van der Waals surface area contributed by atoms with Gasteiger partial charge in [-0.25, -0.2) is 4.79 Å². The number of benzene rings is 2. The third-order valence-corrected chi connectivity index (χ3v) is 3.72. The van der Waals surface area contributed by atoms with Crippen molar-refractivity contribution < 1.29 is 9.53 Å². The Morgan fingerprint density at radius 2 is 1.96 bits per heavy atom. The number of ether oxygens (including phenoxy) is 1. The van der Waals surface area contributed by atoms with E-state index < -0.39 is 6.09 Å². The van der Waals surface area contributed by atoms with Crippen molar-refractivity contribution in [2.24, 2.45) is 0 Å². The Bertz CT molecular complexity index is 1010. The van der Waals surface area contributed by atoms with E-state index >= 15 is 0 Å². The van der Waals surface area contributed by atoms with E-state index in [0.717, 1.165) is 16.6 Å². The van der Waals surface area contributed by atoms with Crippen molar-refractivity contribution >= 4 is 17.0 Å². The van der Waals surface area contributed by atoms with Gasteiger partial charge in [0.25, 0.3) is 0 Å². The standard InChI is InChI=1S/C21H18N2O3/c24-20-11-13-22-19-10-9-16(14-18(19)20)6-4-5-12-23-21(25)26-15-17-7-2-1-3-8-17/h1-3,7-11,13-14H,5,12,15H2,(H,22,24)(H,23,25). The van der Waals surface area contributed by atoms with Gasteiger partial charge >= 0.3 is 6.09 Å². The molecular weight excluding hydrogens is 328 g/mol. The quantitative estimate of drug-likeness (QED) is 0.563. The second kappa shape index (κ2) is 8.54. The van der Waals surface area contributed by atoms with E-state index in [1.54, 1.807) is 12.3 Å². The maximum atomic E-state index is 11.8. The number of amides is 1. The third kappa shape index (κ3) is 4.74. The zero-order valence-electron chi connectivity index (χ0n) is 14.1. The van der Waals surface area contributed by atoms with Gasteiger partial charge in [-0.15, -0.1) is 0 Å². The highest BCUT2D eigenvalue weighted by molar-refractivity contribution is 5.79. The minimum atomic E-state index is -0.465. The topological polar surface area (TPSA) is 71.2 Å². The predicted octanol–water partition coefficient (Wildman–Crippen LogP) is 3.20. The summed E-state index contributed by atoms with van der Waals surface area (Å²) in [7, 11) is 0. The number of rotatable bonds is 4. The fraction of sp³-hybridized carbons (Fsp3) is 0.143. The molecule has 0 aliphatic heterocycles. The summed E-state index contributed by atoms with van der Waals surface area (Å²) in [5, 5.41) is 3.27. The van der Waals surface area contributed by atoms with Crippen LogP contribution in [0.4, 0.5) is 4.79 Å². The van der Waals surface area contributed by atoms with Crippen molar-refractivity contribution in [3.05, 3.63) is 82.1 Å². The number of pyridine rings is 1. The summed E-state index contributed by atoms with van der Waals surface area (Å²) in [6.07, 6.45) is 1.65. The molecule has 5 heteroatoms. The molecule has 0 aliphatic carbocycles. The van der Waals surface area contributed by atoms with Crippen LogP contribution in [-0.2, 0) is 11.3 Å². The van der Waals surface area contributed by atoms with Crippen LogP contribution in [0.3, 0.4) is 0 Å². The average molecular weight is 346 g/mol. The van der Waals surface area contributed by atoms with Crippen LogP contribution in [0, 0.1) is 11.8 Å². The summed E-state index contributed by atoms with van der Waals surface area (Å²) in [5.41, 5.74) is 2.45. The van der Waals surface area contributed by atoms with Crippen molar-refractivity contribution in [2.75, 3.05) is 6.54 Å². The number of aromatic amines is 1. The van der Waals surface area contributed by atoms with Gasteiger partial charge in [0.2, 0.25) is 0 Å². The number of nitrogens with one attached hydrogen (secondary N) is 2. The molecule has 0 atom stereocenters. The number of H-pyrrole nitrogens is 1. The zero-order chi connectivity index (χ0) is 18.2. The van der Waals surface area contributed by atoms with Crippen LogP contribution in [0.25, 0.3) is 10.9 Å². The van der Waals surface area contributed by atoms with Crippen molar-refractivity contribution in [3.8, 4) is 11.8 Å². The Balaban J connectivity index is 1.46. The largest absolute Gasteiger partial charge is 0.445 e. The Morgan fingerprint density at radius 3 is 2.81 bits per heavy atom. The molecule has 0 fully saturated rings. The van der Waals surface area contributed by atoms with Crippen LogP contribution in [0.15, 0.2) is 65.6 Å².